The van der Waals surface area contributed by atoms with Crippen molar-refractivity contribution in [3.05, 3.63) is 65.0 Å². The minimum atomic E-state index is -0.254. The summed E-state index contributed by atoms with van der Waals surface area (Å²) >= 11 is 0. The van der Waals surface area contributed by atoms with Gasteiger partial charge in [-0.2, -0.15) is 0 Å². The first kappa shape index (κ1) is 14.6. The molecule has 22 heavy (non-hydrogen) atoms. The first-order chi connectivity index (χ1) is 10.7. The molecule has 114 valence electrons. The summed E-state index contributed by atoms with van der Waals surface area (Å²) in [7, 11) is 0. The van der Waals surface area contributed by atoms with Crippen LogP contribution in [0.5, 0.6) is 0 Å². The van der Waals surface area contributed by atoms with E-state index in [0.29, 0.717) is 11.5 Å². The van der Waals surface area contributed by atoms with Crippen LogP contribution >= 0.6 is 0 Å². The number of aliphatic imine (C=N–C) groups is 1. The molecule has 0 aromatic heterocycles. The predicted molar refractivity (Wildman–Crippen MR) is 88.4 cm³/mol. The van der Waals surface area contributed by atoms with Crippen LogP contribution in [-0.2, 0) is 19.4 Å². The van der Waals surface area contributed by atoms with Crippen LogP contribution in [0.2, 0.25) is 0 Å². The van der Waals surface area contributed by atoms with Gasteiger partial charge in [-0.25, -0.2) is 9.38 Å². The summed E-state index contributed by atoms with van der Waals surface area (Å²) in [4.78, 5) is 4.24. The van der Waals surface area contributed by atoms with Crippen molar-refractivity contribution in [2.75, 3.05) is 5.32 Å². The first-order valence-corrected chi connectivity index (χ1v) is 7.65. The summed E-state index contributed by atoms with van der Waals surface area (Å²) in [5, 5.41) is 3.17. The normalized spacial score (nSPS) is 14.5. The van der Waals surface area contributed by atoms with E-state index < -0.39 is 0 Å². The number of nitrogens with two attached hydrogens (primary N) is 1. The highest BCUT2D eigenvalue weighted by Gasteiger charge is 2.13. The van der Waals surface area contributed by atoms with Gasteiger partial charge in [-0.05, 0) is 48.9 Å². The van der Waals surface area contributed by atoms with Gasteiger partial charge in [0.15, 0.2) is 5.96 Å². The fourth-order valence-electron chi connectivity index (χ4n) is 2.87. The summed E-state index contributed by atoms with van der Waals surface area (Å²) in [5.74, 6) is 0.0679. The van der Waals surface area contributed by atoms with Gasteiger partial charge in [0, 0.05) is 11.3 Å². The Balaban J connectivity index is 1.73. The number of nitrogens with one attached hydrogen (secondary N) is 1. The van der Waals surface area contributed by atoms with Crippen LogP contribution in [0, 0.1) is 5.82 Å². The minimum absolute atomic E-state index is 0.237. The average Bonchev–Trinajstić information content (AvgIpc) is 2.54. The molecule has 0 spiro atoms. The Morgan fingerprint density at radius 3 is 2.77 bits per heavy atom. The molecule has 4 heteroatoms. The molecule has 1 aliphatic carbocycles. The number of nitrogens with zero attached hydrogens (tertiary/aromatic N) is 1. The van der Waals surface area contributed by atoms with Crippen LogP contribution in [0.15, 0.2) is 47.5 Å². The lowest BCUT2D eigenvalue weighted by molar-refractivity contribution is 0.611. The van der Waals surface area contributed by atoms with Gasteiger partial charge >= 0.3 is 0 Å². The molecule has 0 bridgehead atoms. The van der Waals surface area contributed by atoms with E-state index in [9.17, 15) is 4.39 Å². The van der Waals surface area contributed by atoms with Crippen molar-refractivity contribution in [2.45, 2.75) is 32.2 Å². The predicted octanol–water partition coefficient (Wildman–Crippen LogP) is 3.63. The maximum absolute atomic E-state index is 13.6. The summed E-state index contributed by atoms with van der Waals surface area (Å²) in [6, 6.07) is 12.8. The molecule has 0 fully saturated rings. The smallest absolute Gasteiger partial charge is 0.193 e. The van der Waals surface area contributed by atoms with Gasteiger partial charge in [0.05, 0.1) is 6.54 Å². The first-order valence-electron chi connectivity index (χ1n) is 7.65. The zero-order valence-corrected chi connectivity index (χ0v) is 12.5. The van der Waals surface area contributed by atoms with Gasteiger partial charge < -0.3 is 11.1 Å². The van der Waals surface area contributed by atoms with Crippen LogP contribution in [0.1, 0.15) is 29.5 Å². The molecular weight excluding hydrogens is 277 g/mol. The van der Waals surface area contributed by atoms with E-state index in [4.69, 9.17) is 5.73 Å². The van der Waals surface area contributed by atoms with Crippen LogP contribution < -0.4 is 11.1 Å². The van der Waals surface area contributed by atoms with Gasteiger partial charge in [0.1, 0.15) is 5.82 Å². The van der Waals surface area contributed by atoms with Gasteiger partial charge in [-0.15, -0.1) is 0 Å². The molecule has 2 aromatic carbocycles. The van der Waals surface area contributed by atoms with Crippen molar-refractivity contribution < 1.29 is 4.39 Å². The quantitative estimate of drug-likeness (QED) is 0.671. The number of anilines is 1. The lowest BCUT2D eigenvalue weighted by Gasteiger charge is -2.19. The topological polar surface area (TPSA) is 50.4 Å². The zero-order chi connectivity index (χ0) is 15.4. The maximum Gasteiger partial charge on any atom is 0.193 e. The van der Waals surface area contributed by atoms with Crippen molar-refractivity contribution in [1.82, 2.24) is 0 Å². The van der Waals surface area contributed by atoms with Gasteiger partial charge in [-0.3, -0.25) is 0 Å². The Labute approximate surface area is 130 Å². The third-order valence-electron chi connectivity index (χ3n) is 4.04. The molecule has 0 radical (unpaired) electrons. The molecule has 0 atom stereocenters. The number of rotatable bonds is 3. The van der Waals surface area contributed by atoms with E-state index in [1.807, 2.05) is 12.1 Å². The van der Waals surface area contributed by atoms with Crippen molar-refractivity contribution in [1.29, 1.82) is 0 Å². The molecular formula is C18H20FN3. The molecule has 0 unspecified atom stereocenters. The highest BCUT2D eigenvalue weighted by atomic mass is 19.1. The summed E-state index contributed by atoms with van der Waals surface area (Å²) in [6.07, 6.45) is 4.64. The van der Waals surface area contributed by atoms with E-state index >= 15 is 0 Å². The van der Waals surface area contributed by atoms with Gasteiger partial charge in [0.2, 0.25) is 0 Å². The lowest BCUT2D eigenvalue weighted by atomic mass is 9.90. The summed E-state index contributed by atoms with van der Waals surface area (Å²) in [5.41, 5.74) is 10.2. The monoisotopic (exact) mass is 297 g/mol. The molecule has 2 aromatic rings. The van der Waals surface area contributed by atoms with Crippen molar-refractivity contribution in [3.8, 4) is 0 Å². The maximum atomic E-state index is 13.6. The third kappa shape index (κ3) is 3.27. The fourth-order valence-corrected chi connectivity index (χ4v) is 2.87. The average molecular weight is 297 g/mol. The summed E-state index contributed by atoms with van der Waals surface area (Å²) in [6.45, 7) is 0.237. The highest BCUT2D eigenvalue weighted by molar-refractivity contribution is 5.93. The standard InChI is InChI=1S/C18H20FN3/c19-16-10-4-2-7-14(16)12-21-18(20)22-17-11-5-8-13-6-1-3-9-15(13)17/h2,4-5,7-8,10-11H,1,3,6,9,12H2,(H3,20,21,22). The van der Waals surface area contributed by atoms with Crippen LogP contribution in [0.3, 0.4) is 0 Å². The van der Waals surface area contributed by atoms with Gasteiger partial charge in [0.25, 0.3) is 0 Å². The number of benzene rings is 2. The van der Waals surface area contributed by atoms with Gasteiger partial charge in [-0.1, -0.05) is 30.3 Å². The summed E-state index contributed by atoms with van der Waals surface area (Å²) < 4.78 is 13.6. The Morgan fingerprint density at radius 1 is 1.09 bits per heavy atom. The Bertz CT molecular complexity index is 694. The van der Waals surface area contributed by atoms with Crippen LogP contribution in [0.25, 0.3) is 0 Å². The number of hydrogen-bond donors (Lipinski definition) is 2. The SMILES string of the molecule is NC(=NCc1ccccc1F)Nc1cccc2c1CCCC2. The number of aryl methyl sites for hydroxylation is 1. The second-order valence-electron chi connectivity index (χ2n) is 5.57. The van der Waals surface area contributed by atoms with E-state index in [1.54, 1.807) is 18.2 Å². The molecule has 0 saturated heterocycles. The van der Waals surface area contributed by atoms with E-state index in [0.717, 1.165) is 18.5 Å². The number of fused-ring (bicyclic) bond motifs is 1. The van der Waals surface area contributed by atoms with Crippen molar-refractivity contribution >= 4 is 11.6 Å². The second-order valence-corrected chi connectivity index (χ2v) is 5.57. The highest BCUT2D eigenvalue weighted by Crippen LogP contribution is 2.27. The van der Waals surface area contributed by atoms with E-state index in [2.05, 4.69) is 16.4 Å². The molecule has 3 rings (SSSR count). The van der Waals surface area contributed by atoms with Crippen LogP contribution in [-0.4, -0.2) is 5.96 Å². The Morgan fingerprint density at radius 2 is 1.91 bits per heavy atom. The Kier molecular flexibility index (Phi) is 4.37. The fraction of sp³-hybridized carbons (Fsp3) is 0.278. The molecule has 0 aliphatic heterocycles. The molecule has 3 nitrogen and oxygen atoms in total. The molecule has 0 heterocycles. The van der Waals surface area contributed by atoms with Crippen molar-refractivity contribution in [2.24, 2.45) is 10.7 Å². The number of guanidine groups is 1. The number of halogens is 1. The third-order valence-corrected chi connectivity index (χ3v) is 4.04. The molecule has 0 saturated carbocycles. The van der Waals surface area contributed by atoms with E-state index in [-0.39, 0.29) is 12.4 Å². The number of hydrogen-bond acceptors (Lipinski definition) is 1. The van der Waals surface area contributed by atoms with Crippen LogP contribution in [0.4, 0.5) is 10.1 Å². The minimum Gasteiger partial charge on any atom is -0.370 e. The molecule has 1 aliphatic rings. The second kappa shape index (κ2) is 6.60. The largest absolute Gasteiger partial charge is 0.370 e. The molecule has 0 amide bonds. The van der Waals surface area contributed by atoms with Crippen molar-refractivity contribution in [3.63, 3.8) is 0 Å². The van der Waals surface area contributed by atoms with E-state index in [1.165, 1.54) is 30.0 Å². The zero-order valence-electron chi connectivity index (χ0n) is 12.5. The lowest BCUT2D eigenvalue weighted by Crippen LogP contribution is -2.24. The Hall–Kier alpha value is -2.36. The molecule has 3 N–H and O–H groups in total.